The maximum Gasteiger partial charge on any atom is 0.0624 e. The summed E-state index contributed by atoms with van der Waals surface area (Å²) >= 11 is 0. The van der Waals surface area contributed by atoms with E-state index >= 15 is 0 Å². The predicted octanol–water partition coefficient (Wildman–Crippen LogP) is 3.09. The number of hydrogen-bond acceptors (Lipinski definition) is 2. The van der Waals surface area contributed by atoms with Crippen LogP contribution >= 0.6 is 0 Å². The molecule has 0 aliphatic heterocycles. The molecule has 0 aliphatic carbocycles. The molecule has 1 N–H and O–H groups in total. The highest BCUT2D eigenvalue weighted by Crippen LogP contribution is 2.19. The molecule has 1 aromatic carbocycles. The van der Waals surface area contributed by atoms with E-state index in [4.69, 9.17) is 0 Å². The average Bonchev–Trinajstić information content (AvgIpc) is 2.84. The average molecular weight is 257 g/mol. The molecule has 0 amide bonds. The zero-order chi connectivity index (χ0) is 13.5. The van der Waals surface area contributed by atoms with E-state index in [0.717, 1.165) is 25.8 Å². The maximum absolute atomic E-state index is 4.42. The Morgan fingerprint density at radius 1 is 1.21 bits per heavy atom. The minimum atomic E-state index is 0.454. The summed E-state index contributed by atoms with van der Waals surface area (Å²) < 4.78 is 1.87. The van der Waals surface area contributed by atoms with E-state index in [2.05, 4.69) is 53.7 Å². The van der Waals surface area contributed by atoms with Crippen LogP contribution in [0.25, 0.3) is 0 Å². The van der Waals surface area contributed by atoms with Crippen molar-refractivity contribution in [2.24, 2.45) is 7.05 Å². The summed E-state index contributed by atoms with van der Waals surface area (Å²) in [5.74, 6) is 0. The van der Waals surface area contributed by atoms with Gasteiger partial charge in [0, 0.05) is 19.3 Å². The third kappa shape index (κ3) is 4.21. The van der Waals surface area contributed by atoms with E-state index in [1.165, 1.54) is 11.3 Å². The topological polar surface area (TPSA) is 29.9 Å². The first kappa shape index (κ1) is 13.8. The number of nitrogens with zero attached hydrogens (tertiary/aromatic N) is 2. The Bertz CT molecular complexity index is 476. The molecule has 0 saturated heterocycles. The van der Waals surface area contributed by atoms with Gasteiger partial charge >= 0.3 is 0 Å². The van der Waals surface area contributed by atoms with E-state index in [0.29, 0.717) is 6.04 Å². The van der Waals surface area contributed by atoms with Crippen LogP contribution in [-0.2, 0) is 13.5 Å². The third-order valence-corrected chi connectivity index (χ3v) is 3.35. The van der Waals surface area contributed by atoms with Crippen molar-refractivity contribution in [3.8, 4) is 0 Å². The second kappa shape index (κ2) is 7.10. The summed E-state index contributed by atoms with van der Waals surface area (Å²) in [4.78, 5) is 0. The summed E-state index contributed by atoms with van der Waals surface area (Å²) in [6.45, 7) is 3.16. The fourth-order valence-corrected chi connectivity index (χ4v) is 2.40. The summed E-state index contributed by atoms with van der Waals surface area (Å²) in [5.41, 5.74) is 2.57. The Hall–Kier alpha value is -1.61. The van der Waals surface area contributed by atoms with Crippen LogP contribution in [-0.4, -0.2) is 16.3 Å². The molecule has 3 nitrogen and oxygen atoms in total. The molecule has 1 heterocycles. The third-order valence-electron chi connectivity index (χ3n) is 3.35. The number of rotatable bonds is 7. The van der Waals surface area contributed by atoms with Gasteiger partial charge in [0.2, 0.25) is 0 Å². The predicted molar refractivity (Wildman–Crippen MR) is 79.0 cm³/mol. The zero-order valence-electron chi connectivity index (χ0n) is 11.8. The smallest absolute Gasteiger partial charge is 0.0624 e. The molecule has 0 fully saturated rings. The first-order valence-electron chi connectivity index (χ1n) is 7.06. The van der Waals surface area contributed by atoms with Crippen LogP contribution < -0.4 is 5.32 Å². The fraction of sp³-hybridized carbons (Fsp3) is 0.438. The molecule has 0 aliphatic rings. The van der Waals surface area contributed by atoms with Gasteiger partial charge in [0.05, 0.1) is 5.69 Å². The van der Waals surface area contributed by atoms with Crippen molar-refractivity contribution in [3.05, 3.63) is 53.9 Å². The van der Waals surface area contributed by atoms with Crippen molar-refractivity contribution >= 4 is 0 Å². The van der Waals surface area contributed by atoms with Crippen molar-refractivity contribution in [1.82, 2.24) is 15.1 Å². The molecule has 2 aromatic rings. The minimum absolute atomic E-state index is 0.454. The second-order valence-electron chi connectivity index (χ2n) is 4.89. The summed E-state index contributed by atoms with van der Waals surface area (Å²) in [7, 11) is 1.97. The van der Waals surface area contributed by atoms with Crippen LogP contribution in [0.3, 0.4) is 0 Å². The Morgan fingerprint density at radius 2 is 2.00 bits per heavy atom. The van der Waals surface area contributed by atoms with Gasteiger partial charge in [-0.25, -0.2) is 0 Å². The van der Waals surface area contributed by atoms with Gasteiger partial charge in [-0.1, -0.05) is 37.3 Å². The lowest BCUT2D eigenvalue weighted by molar-refractivity contribution is 0.496. The highest BCUT2D eigenvalue weighted by Gasteiger charge is 2.09. The van der Waals surface area contributed by atoms with Crippen molar-refractivity contribution in [2.75, 3.05) is 6.54 Å². The Kier molecular flexibility index (Phi) is 5.16. The van der Waals surface area contributed by atoms with Crippen LogP contribution in [0.15, 0.2) is 42.6 Å². The lowest BCUT2D eigenvalue weighted by atomic mass is 10.0. The highest BCUT2D eigenvalue weighted by atomic mass is 15.2. The lowest BCUT2D eigenvalue weighted by Gasteiger charge is -2.18. The molecule has 0 saturated carbocycles. The molecule has 1 aromatic heterocycles. The maximum atomic E-state index is 4.42. The molecule has 1 unspecified atom stereocenters. The van der Waals surface area contributed by atoms with Crippen molar-refractivity contribution < 1.29 is 0 Å². The number of aryl methyl sites for hydroxylation is 2. The SMILES string of the molecule is CCNC(CCCc1ccn(C)n1)c1ccccc1. The Balaban J connectivity index is 1.87. The standard InChI is InChI=1S/C16H23N3/c1-3-17-16(14-8-5-4-6-9-14)11-7-10-15-12-13-19(2)18-15/h4-6,8-9,12-13,16-17H,3,7,10-11H2,1-2H3. The molecule has 0 spiro atoms. The van der Waals surface area contributed by atoms with Gasteiger partial charge in [-0.15, -0.1) is 0 Å². The zero-order valence-corrected chi connectivity index (χ0v) is 11.8. The summed E-state index contributed by atoms with van der Waals surface area (Å²) in [5, 5.41) is 7.99. The molecular weight excluding hydrogens is 234 g/mol. The van der Waals surface area contributed by atoms with Crippen LogP contribution in [0, 0.1) is 0 Å². The highest BCUT2D eigenvalue weighted by molar-refractivity contribution is 5.18. The quantitative estimate of drug-likeness (QED) is 0.826. The normalized spacial score (nSPS) is 12.5. The van der Waals surface area contributed by atoms with Gasteiger partial charge in [-0.3, -0.25) is 4.68 Å². The Morgan fingerprint density at radius 3 is 2.63 bits per heavy atom. The molecule has 0 bridgehead atoms. The summed E-state index contributed by atoms with van der Waals surface area (Å²) in [6.07, 6.45) is 5.36. The van der Waals surface area contributed by atoms with E-state index in [-0.39, 0.29) is 0 Å². The van der Waals surface area contributed by atoms with E-state index in [1.807, 2.05) is 17.9 Å². The lowest BCUT2D eigenvalue weighted by Crippen LogP contribution is -2.21. The van der Waals surface area contributed by atoms with Crippen molar-refractivity contribution in [2.45, 2.75) is 32.2 Å². The van der Waals surface area contributed by atoms with Gasteiger partial charge in [-0.05, 0) is 37.4 Å². The molecule has 2 rings (SSSR count). The van der Waals surface area contributed by atoms with Crippen LogP contribution in [0.5, 0.6) is 0 Å². The van der Waals surface area contributed by atoms with Crippen molar-refractivity contribution in [1.29, 1.82) is 0 Å². The molecule has 1 atom stereocenters. The van der Waals surface area contributed by atoms with Gasteiger partial charge in [0.15, 0.2) is 0 Å². The van der Waals surface area contributed by atoms with Gasteiger partial charge in [0.1, 0.15) is 0 Å². The van der Waals surface area contributed by atoms with Gasteiger partial charge in [-0.2, -0.15) is 5.10 Å². The van der Waals surface area contributed by atoms with E-state index in [9.17, 15) is 0 Å². The molecule has 3 heteroatoms. The molecular formula is C16H23N3. The number of benzene rings is 1. The first-order valence-corrected chi connectivity index (χ1v) is 7.06. The van der Waals surface area contributed by atoms with Gasteiger partial charge in [0.25, 0.3) is 0 Å². The molecule has 0 radical (unpaired) electrons. The van der Waals surface area contributed by atoms with Crippen molar-refractivity contribution in [3.63, 3.8) is 0 Å². The van der Waals surface area contributed by atoms with Gasteiger partial charge < -0.3 is 5.32 Å². The number of nitrogens with one attached hydrogen (secondary N) is 1. The van der Waals surface area contributed by atoms with Crippen LogP contribution in [0.1, 0.15) is 37.1 Å². The molecule has 102 valence electrons. The largest absolute Gasteiger partial charge is 0.310 e. The minimum Gasteiger partial charge on any atom is -0.310 e. The number of hydrogen-bond donors (Lipinski definition) is 1. The first-order chi connectivity index (χ1) is 9.29. The van der Waals surface area contributed by atoms with Crippen LogP contribution in [0.2, 0.25) is 0 Å². The molecule has 19 heavy (non-hydrogen) atoms. The number of aromatic nitrogens is 2. The fourth-order valence-electron chi connectivity index (χ4n) is 2.40. The second-order valence-corrected chi connectivity index (χ2v) is 4.89. The van der Waals surface area contributed by atoms with E-state index < -0.39 is 0 Å². The Labute approximate surface area is 115 Å². The summed E-state index contributed by atoms with van der Waals surface area (Å²) in [6, 6.07) is 13.2. The van der Waals surface area contributed by atoms with E-state index in [1.54, 1.807) is 0 Å². The van der Waals surface area contributed by atoms with Crippen LogP contribution in [0.4, 0.5) is 0 Å². The monoisotopic (exact) mass is 257 g/mol.